The van der Waals surface area contributed by atoms with Gasteiger partial charge < -0.3 is 4.84 Å². The van der Waals surface area contributed by atoms with Crippen molar-refractivity contribution in [2.75, 3.05) is 6.61 Å². The molecule has 3 rings (SSSR count). The number of carbonyl (C=O) groups excluding carboxylic acids is 1. The summed E-state index contributed by atoms with van der Waals surface area (Å²) in [6.45, 7) is 0.0350. The number of amides is 1. The molecule has 0 fully saturated rings. The monoisotopic (exact) mass is 298 g/mol. The van der Waals surface area contributed by atoms with E-state index >= 15 is 0 Å². The topological polar surface area (TPSA) is 41.9 Å². The first kappa shape index (κ1) is 14.3. The average molecular weight is 298 g/mol. The van der Waals surface area contributed by atoms with Gasteiger partial charge in [-0.1, -0.05) is 53.7 Å². The zero-order valence-corrected chi connectivity index (χ0v) is 11.9. The van der Waals surface area contributed by atoms with Gasteiger partial charge in [-0.05, 0) is 11.6 Å². The van der Waals surface area contributed by atoms with Crippen LogP contribution in [0.5, 0.6) is 0 Å². The standard InChI is InChI=1S/C17H15FN2O2/c18-15-9-5-4-8-14(15)11-20-16(19-22-12-17(20)21)10-13-6-2-1-3-7-13/h1-9H,10-12H2. The van der Waals surface area contributed by atoms with Gasteiger partial charge in [-0.15, -0.1) is 0 Å². The molecular weight excluding hydrogens is 283 g/mol. The zero-order valence-electron chi connectivity index (χ0n) is 11.9. The summed E-state index contributed by atoms with van der Waals surface area (Å²) in [7, 11) is 0. The van der Waals surface area contributed by atoms with Crippen LogP contribution in [0, 0.1) is 5.82 Å². The lowest BCUT2D eigenvalue weighted by Gasteiger charge is -2.27. The van der Waals surface area contributed by atoms with Crippen molar-refractivity contribution in [3.05, 3.63) is 71.5 Å². The van der Waals surface area contributed by atoms with Crippen molar-refractivity contribution in [2.24, 2.45) is 5.16 Å². The van der Waals surface area contributed by atoms with Gasteiger partial charge in [-0.2, -0.15) is 0 Å². The highest BCUT2D eigenvalue weighted by Crippen LogP contribution is 2.15. The minimum atomic E-state index is -0.333. The van der Waals surface area contributed by atoms with Crippen molar-refractivity contribution in [3.63, 3.8) is 0 Å². The maximum Gasteiger partial charge on any atom is 0.269 e. The van der Waals surface area contributed by atoms with Gasteiger partial charge in [0.05, 0.1) is 6.54 Å². The number of amidine groups is 1. The van der Waals surface area contributed by atoms with Crippen molar-refractivity contribution in [2.45, 2.75) is 13.0 Å². The minimum absolute atomic E-state index is 0.118. The van der Waals surface area contributed by atoms with Gasteiger partial charge in [0.2, 0.25) is 0 Å². The fourth-order valence-corrected chi connectivity index (χ4v) is 2.32. The second kappa shape index (κ2) is 6.39. The second-order valence-electron chi connectivity index (χ2n) is 5.01. The fourth-order valence-electron chi connectivity index (χ4n) is 2.32. The molecule has 0 saturated heterocycles. The first-order chi connectivity index (χ1) is 10.7. The van der Waals surface area contributed by atoms with Crippen molar-refractivity contribution < 1.29 is 14.0 Å². The first-order valence-electron chi connectivity index (χ1n) is 7.00. The Balaban J connectivity index is 1.83. The van der Waals surface area contributed by atoms with Crippen molar-refractivity contribution in [1.29, 1.82) is 0 Å². The fraction of sp³-hybridized carbons (Fsp3) is 0.176. The number of oxime groups is 1. The Labute approximate surface area is 127 Å². The lowest BCUT2D eigenvalue weighted by Crippen LogP contribution is -2.42. The largest absolute Gasteiger partial charge is 0.384 e. The number of rotatable bonds is 4. The van der Waals surface area contributed by atoms with E-state index in [1.165, 1.54) is 11.0 Å². The molecule has 0 aliphatic carbocycles. The average Bonchev–Trinajstić information content (AvgIpc) is 2.53. The van der Waals surface area contributed by atoms with Gasteiger partial charge in [0.1, 0.15) is 5.82 Å². The molecule has 0 N–H and O–H groups in total. The summed E-state index contributed by atoms with van der Waals surface area (Å²) in [5.41, 5.74) is 1.47. The molecule has 0 spiro atoms. The number of hydrogen-bond acceptors (Lipinski definition) is 3. The van der Waals surface area contributed by atoms with Gasteiger partial charge in [-0.3, -0.25) is 9.69 Å². The Morgan fingerprint density at radius 1 is 1.09 bits per heavy atom. The number of benzene rings is 2. The third kappa shape index (κ3) is 3.14. The van der Waals surface area contributed by atoms with Gasteiger partial charge in [-0.25, -0.2) is 4.39 Å². The van der Waals surface area contributed by atoms with E-state index in [1.807, 2.05) is 30.3 Å². The molecule has 1 amide bonds. The van der Waals surface area contributed by atoms with E-state index in [2.05, 4.69) is 5.16 Å². The molecule has 2 aromatic carbocycles. The molecule has 0 atom stereocenters. The first-order valence-corrected chi connectivity index (χ1v) is 7.00. The van der Waals surface area contributed by atoms with Gasteiger partial charge in [0.25, 0.3) is 5.91 Å². The minimum Gasteiger partial charge on any atom is -0.384 e. The zero-order chi connectivity index (χ0) is 15.4. The maximum absolute atomic E-state index is 13.8. The Morgan fingerprint density at radius 3 is 2.59 bits per heavy atom. The van der Waals surface area contributed by atoms with Crippen molar-refractivity contribution in [3.8, 4) is 0 Å². The Kier molecular flexibility index (Phi) is 4.14. The van der Waals surface area contributed by atoms with Gasteiger partial charge >= 0.3 is 0 Å². The molecule has 5 heteroatoms. The molecule has 22 heavy (non-hydrogen) atoms. The summed E-state index contributed by atoms with van der Waals surface area (Å²) < 4.78 is 13.8. The van der Waals surface area contributed by atoms with Crippen LogP contribution in [0.25, 0.3) is 0 Å². The highest BCUT2D eigenvalue weighted by Gasteiger charge is 2.25. The number of hydrogen-bond donors (Lipinski definition) is 0. The molecule has 4 nitrogen and oxygen atoms in total. The van der Waals surface area contributed by atoms with Crippen LogP contribution in [0.4, 0.5) is 4.39 Å². The normalized spacial score (nSPS) is 14.5. The highest BCUT2D eigenvalue weighted by molar-refractivity contribution is 6.00. The molecule has 0 unspecified atom stereocenters. The Bertz CT molecular complexity index is 701. The van der Waals surface area contributed by atoms with Gasteiger partial charge in [0, 0.05) is 12.0 Å². The maximum atomic E-state index is 13.8. The quantitative estimate of drug-likeness (QED) is 0.871. The molecule has 1 aliphatic rings. The van der Waals surface area contributed by atoms with E-state index in [0.29, 0.717) is 17.8 Å². The molecule has 0 bridgehead atoms. The van der Waals surface area contributed by atoms with Crippen LogP contribution < -0.4 is 0 Å². The summed E-state index contributed by atoms with van der Waals surface area (Å²) in [6.07, 6.45) is 0.459. The van der Waals surface area contributed by atoms with Crippen LogP contribution in [0.1, 0.15) is 11.1 Å². The molecule has 0 radical (unpaired) electrons. The predicted octanol–water partition coefficient (Wildman–Crippen LogP) is 2.74. The van der Waals surface area contributed by atoms with E-state index in [0.717, 1.165) is 5.56 Å². The van der Waals surface area contributed by atoms with E-state index in [4.69, 9.17) is 4.84 Å². The Morgan fingerprint density at radius 2 is 1.82 bits per heavy atom. The lowest BCUT2D eigenvalue weighted by molar-refractivity contribution is -0.135. The Hall–Kier alpha value is -2.69. The van der Waals surface area contributed by atoms with E-state index in [-0.39, 0.29) is 24.9 Å². The SMILES string of the molecule is O=C1CON=C(Cc2ccccc2)N1Cc1ccccc1F. The number of carbonyl (C=O) groups is 1. The molecular formula is C17H15FN2O2. The van der Waals surface area contributed by atoms with Crippen LogP contribution in [-0.2, 0) is 22.6 Å². The van der Waals surface area contributed by atoms with E-state index < -0.39 is 0 Å². The number of nitrogens with zero attached hydrogens (tertiary/aromatic N) is 2. The van der Waals surface area contributed by atoms with Crippen molar-refractivity contribution >= 4 is 11.7 Å². The summed E-state index contributed by atoms with van der Waals surface area (Å²) in [6, 6.07) is 16.1. The van der Waals surface area contributed by atoms with Crippen molar-refractivity contribution in [1.82, 2.24) is 4.90 Å². The van der Waals surface area contributed by atoms with Gasteiger partial charge in [0.15, 0.2) is 12.4 Å². The summed E-state index contributed by atoms with van der Waals surface area (Å²) in [5.74, 6) is -0.0595. The second-order valence-corrected chi connectivity index (χ2v) is 5.01. The number of halogens is 1. The molecule has 1 heterocycles. The lowest BCUT2D eigenvalue weighted by atomic mass is 10.1. The van der Waals surface area contributed by atoms with Crippen LogP contribution in [0.15, 0.2) is 59.8 Å². The predicted molar refractivity (Wildman–Crippen MR) is 80.5 cm³/mol. The summed E-state index contributed by atoms with van der Waals surface area (Å²) in [5, 5.41) is 3.98. The van der Waals surface area contributed by atoms with E-state index in [9.17, 15) is 9.18 Å². The van der Waals surface area contributed by atoms with Crippen LogP contribution in [0.2, 0.25) is 0 Å². The smallest absolute Gasteiger partial charge is 0.269 e. The highest BCUT2D eigenvalue weighted by atomic mass is 19.1. The van der Waals surface area contributed by atoms with E-state index in [1.54, 1.807) is 18.2 Å². The van der Waals surface area contributed by atoms with Crippen LogP contribution >= 0.6 is 0 Å². The molecule has 2 aromatic rings. The molecule has 112 valence electrons. The molecule has 0 aromatic heterocycles. The third-order valence-corrected chi connectivity index (χ3v) is 3.46. The molecule has 0 saturated carbocycles. The molecule has 1 aliphatic heterocycles. The van der Waals surface area contributed by atoms with Crippen LogP contribution in [-0.4, -0.2) is 23.2 Å². The third-order valence-electron chi connectivity index (χ3n) is 3.46. The summed E-state index contributed by atoms with van der Waals surface area (Å²) in [4.78, 5) is 18.6. The van der Waals surface area contributed by atoms with Crippen LogP contribution in [0.3, 0.4) is 0 Å². The summed E-state index contributed by atoms with van der Waals surface area (Å²) >= 11 is 0.